The molecule has 9 nitrogen and oxygen atoms in total. The Morgan fingerprint density at radius 2 is 1.83 bits per heavy atom. The van der Waals surface area contributed by atoms with E-state index in [-0.39, 0.29) is 5.41 Å². The molecule has 3 fully saturated rings. The third-order valence-corrected chi connectivity index (χ3v) is 9.46. The minimum absolute atomic E-state index is 0.333. The third-order valence-electron chi connectivity index (χ3n) is 9.24. The minimum Gasteiger partial charge on any atom is -0.487 e. The van der Waals surface area contributed by atoms with Gasteiger partial charge in [0.2, 0.25) is 5.95 Å². The quantitative estimate of drug-likeness (QED) is 0.404. The Morgan fingerprint density at radius 3 is 2.50 bits per heavy atom. The number of nitriles is 1. The van der Waals surface area contributed by atoms with Crippen molar-refractivity contribution in [2.24, 2.45) is 5.41 Å². The van der Waals surface area contributed by atoms with E-state index in [4.69, 9.17) is 26.4 Å². The third kappa shape index (κ3) is 5.61. The van der Waals surface area contributed by atoms with E-state index in [1.165, 1.54) is 4.90 Å². The van der Waals surface area contributed by atoms with E-state index in [2.05, 4.69) is 34.7 Å². The van der Waals surface area contributed by atoms with Gasteiger partial charge in [0, 0.05) is 61.9 Å². The van der Waals surface area contributed by atoms with Crippen LogP contribution in [-0.2, 0) is 12.0 Å². The lowest BCUT2D eigenvalue weighted by atomic mass is 9.71. The molecule has 3 aliphatic heterocycles. The predicted molar refractivity (Wildman–Crippen MR) is 160 cm³/mol. The molecule has 3 aromatic rings. The van der Waals surface area contributed by atoms with Crippen LogP contribution >= 0.6 is 11.6 Å². The second-order valence-corrected chi connectivity index (χ2v) is 12.8. The van der Waals surface area contributed by atoms with Crippen LogP contribution in [0.15, 0.2) is 54.7 Å². The average molecular weight is 587 g/mol. The molecular formula is C32H35ClN6O3. The highest BCUT2D eigenvalue weighted by molar-refractivity contribution is 6.30. The number of carboxylic acid groups (broad SMARTS) is 1. The molecule has 218 valence electrons. The van der Waals surface area contributed by atoms with E-state index < -0.39 is 6.09 Å². The Balaban J connectivity index is 1.01. The lowest BCUT2D eigenvalue weighted by molar-refractivity contribution is -0.0841. The lowest BCUT2D eigenvalue weighted by Crippen LogP contribution is -2.70. The normalized spacial score (nSPS) is 18.7. The summed E-state index contributed by atoms with van der Waals surface area (Å²) in [6.45, 7) is 9.81. The van der Waals surface area contributed by atoms with Gasteiger partial charge in [-0.05, 0) is 65.8 Å². The Bertz CT molecular complexity index is 1500. The Morgan fingerprint density at radius 1 is 1.12 bits per heavy atom. The number of likely N-dealkylation sites (tertiary alicyclic amines) is 2. The Kier molecular flexibility index (Phi) is 7.46. The van der Waals surface area contributed by atoms with Crippen molar-refractivity contribution < 1.29 is 14.6 Å². The second-order valence-electron chi connectivity index (χ2n) is 12.4. The molecule has 1 N–H and O–H groups in total. The Labute approximate surface area is 251 Å². The van der Waals surface area contributed by atoms with E-state index in [1.807, 2.05) is 42.5 Å². The zero-order valence-corrected chi connectivity index (χ0v) is 24.7. The number of rotatable bonds is 7. The molecule has 42 heavy (non-hydrogen) atoms. The number of halogens is 1. The highest BCUT2D eigenvalue weighted by Crippen LogP contribution is 2.43. The smallest absolute Gasteiger partial charge is 0.407 e. The van der Waals surface area contributed by atoms with Crippen molar-refractivity contribution in [1.82, 2.24) is 19.8 Å². The first-order valence-corrected chi connectivity index (χ1v) is 14.8. The molecule has 1 aromatic heterocycles. The van der Waals surface area contributed by atoms with Gasteiger partial charge < -0.3 is 19.6 Å². The summed E-state index contributed by atoms with van der Waals surface area (Å²) in [7, 11) is 0. The van der Waals surface area contributed by atoms with Gasteiger partial charge in [0.15, 0.2) is 0 Å². The number of hydrogen-bond acceptors (Lipinski definition) is 7. The predicted octanol–water partition coefficient (Wildman–Crippen LogP) is 5.17. The number of hydrogen-bond donors (Lipinski definition) is 1. The molecule has 1 spiro atoms. The number of piperidine rings is 1. The highest BCUT2D eigenvalue weighted by atomic mass is 35.5. The molecule has 0 saturated carbocycles. The number of anilines is 1. The first-order valence-electron chi connectivity index (χ1n) is 14.4. The van der Waals surface area contributed by atoms with Gasteiger partial charge in [-0.1, -0.05) is 37.6 Å². The number of aromatic nitrogens is 2. The maximum Gasteiger partial charge on any atom is 0.407 e. The van der Waals surface area contributed by atoms with Gasteiger partial charge in [0.25, 0.3) is 0 Å². The van der Waals surface area contributed by atoms with E-state index >= 15 is 0 Å². The minimum atomic E-state index is -0.814. The van der Waals surface area contributed by atoms with Crippen LogP contribution in [0.4, 0.5) is 10.7 Å². The lowest BCUT2D eigenvalue weighted by Gasteiger charge is -2.59. The van der Waals surface area contributed by atoms with Gasteiger partial charge in [0.05, 0.1) is 17.3 Å². The van der Waals surface area contributed by atoms with Gasteiger partial charge in [0.1, 0.15) is 12.4 Å². The van der Waals surface area contributed by atoms with E-state index in [1.54, 1.807) is 12.3 Å². The van der Waals surface area contributed by atoms with Crippen molar-refractivity contribution in [3.8, 4) is 11.8 Å². The molecule has 6 rings (SSSR count). The fraction of sp³-hybridized carbons (Fsp3) is 0.438. The van der Waals surface area contributed by atoms with Crippen LogP contribution in [0.25, 0.3) is 0 Å². The zero-order valence-electron chi connectivity index (χ0n) is 24.0. The molecule has 0 bridgehead atoms. The van der Waals surface area contributed by atoms with Crippen molar-refractivity contribution in [2.45, 2.75) is 44.8 Å². The van der Waals surface area contributed by atoms with Crippen molar-refractivity contribution >= 4 is 23.6 Å². The van der Waals surface area contributed by atoms with E-state index in [9.17, 15) is 10.1 Å². The van der Waals surface area contributed by atoms with Crippen molar-refractivity contribution in [2.75, 3.05) is 44.2 Å². The maximum atomic E-state index is 11.0. The summed E-state index contributed by atoms with van der Waals surface area (Å²) >= 11 is 6.26. The topological polar surface area (TPSA) is 106 Å². The zero-order chi connectivity index (χ0) is 29.5. The fourth-order valence-corrected chi connectivity index (χ4v) is 6.57. The van der Waals surface area contributed by atoms with Gasteiger partial charge >= 0.3 is 6.09 Å². The average Bonchev–Trinajstić information content (AvgIpc) is 2.94. The maximum absolute atomic E-state index is 11.0. The molecule has 3 saturated heterocycles. The summed E-state index contributed by atoms with van der Waals surface area (Å²) in [5.41, 5.74) is 3.46. The van der Waals surface area contributed by atoms with E-state index in [0.717, 1.165) is 67.5 Å². The molecule has 0 atom stereocenters. The highest BCUT2D eigenvalue weighted by Gasteiger charge is 2.49. The number of amides is 1. The van der Waals surface area contributed by atoms with Gasteiger partial charge in [-0.25, -0.2) is 14.8 Å². The first-order chi connectivity index (χ1) is 20.1. The number of benzene rings is 2. The standard InChI is InChI=1S/C32H35ClN6O3/c1-31(2,24-13-22(16-34)14-25(33)15-24)23-3-5-28(6-4-23)42-19-26-7-10-35-29(36-26)37-11-8-32(9-12-37)20-39(21-32)27-17-38(18-27)30(40)41/h3-7,10,13-15,27H,8-9,11-12,17-21H2,1-2H3,(H,40,41). The van der Waals surface area contributed by atoms with Gasteiger partial charge in [-0.3, -0.25) is 4.90 Å². The molecular weight excluding hydrogens is 552 g/mol. The van der Waals surface area contributed by atoms with Crippen molar-refractivity contribution in [3.63, 3.8) is 0 Å². The van der Waals surface area contributed by atoms with Crippen LogP contribution in [0, 0.1) is 16.7 Å². The molecule has 0 aliphatic carbocycles. The van der Waals surface area contributed by atoms with Gasteiger partial charge in [-0.15, -0.1) is 0 Å². The van der Waals surface area contributed by atoms with Crippen molar-refractivity contribution in [1.29, 1.82) is 5.26 Å². The molecule has 4 heterocycles. The summed E-state index contributed by atoms with van der Waals surface area (Å²) in [4.78, 5) is 26.6. The Hall–Kier alpha value is -3.87. The largest absolute Gasteiger partial charge is 0.487 e. The number of ether oxygens (including phenoxy) is 1. The van der Waals surface area contributed by atoms with Crippen LogP contribution in [0.3, 0.4) is 0 Å². The summed E-state index contributed by atoms with van der Waals surface area (Å²) in [5.74, 6) is 1.50. The molecule has 0 radical (unpaired) electrons. The summed E-state index contributed by atoms with van der Waals surface area (Å²) in [6.07, 6.45) is 3.18. The van der Waals surface area contributed by atoms with Crippen LogP contribution in [0.5, 0.6) is 5.75 Å². The molecule has 1 amide bonds. The van der Waals surface area contributed by atoms with Crippen LogP contribution in [0.2, 0.25) is 5.02 Å². The van der Waals surface area contributed by atoms with Crippen LogP contribution in [-0.4, -0.2) is 76.3 Å². The number of carbonyl (C=O) groups is 1. The SMILES string of the molecule is CC(C)(c1ccc(OCc2ccnc(N3CCC4(CC3)CN(C3CN(C(=O)O)C3)C4)n2)cc1)c1cc(Cl)cc(C#N)c1. The van der Waals surface area contributed by atoms with Gasteiger partial charge in [-0.2, -0.15) is 5.26 Å². The second kappa shape index (κ2) is 11.1. The monoisotopic (exact) mass is 586 g/mol. The summed E-state index contributed by atoms with van der Waals surface area (Å²) in [6, 6.07) is 17.9. The first kappa shape index (κ1) is 28.3. The summed E-state index contributed by atoms with van der Waals surface area (Å²) in [5, 5.41) is 19.0. The van der Waals surface area contributed by atoms with Crippen LogP contribution < -0.4 is 9.64 Å². The summed E-state index contributed by atoms with van der Waals surface area (Å²) < 4.78 is 6.08. The van der Waals surface area contributed by atoms with E-state index in [0.29, 0.717) is 41.7 Å². The molecule has 2 aromatic carbocycles. The molecule has 3 aliphatic rings. The van der Waals surface area contributed by atoms with Crippen LogP contribution in [0.1, 0.15) is 49.1 Å². The number of nitrogens with zero attached hydrogens (tertiary/aromatic N) is 6. The van der Waals surface area contributed by atoms with Crippen molar-refractivity contribution in [3.05, 3.63) is 82.1 Å². The molecule has 0 unspecified atom stereocenters. The molecule has 10 heteroatoms. The fourth-order valence-electron chi connectivity index (χ4n) is 6.34.